The minimum atomic E-state index is -0.493. The van der Waals surface area contributed by atoms with Crippen LogP contribution in [0.5, 0.6) is 11.5 Å². The standard InChI is InChI=1S/C56H66N2O12S2/c1-4-7-8-9-15-38-16-14-17-43(34-38)44-26-29-48-49(35-44)72-52(71-48)37-57-58-46-36-45(69-55(63)41-22-18-39(19-23-41)53(61)67-32-12-10-30-65-50(59)5-2)27-28-47(46)70-56(64)42-24-20-40(21-25-42)54(62)68-33-13-11-31-66-51(60)6-3/h5-6,14,16-17,26-29,34-37,39-42H,2-4,7-13,15,18-25,30-33H2,1H3/b52-37+,58-57+. The Kier molecular flexibility index (Phi) is 22.7. The molecule has 72 heavy (non-hydrogen) atoms. The van der Waals surface area contributed by atoms with Gasteiger partial charge in [0.25, 0.3) is 0 Å². The zero-order valence-electron chi connectivity index (χ0n) is 41.2. The van der Waals surface area contributed by atoms with Crippen LogP contribution in [0.2, 0.25) is 0 Å². The number of carbonyl (C=O) groups excluding carboxylic acids is 6. The number of azo groups is 1. The number of esters is 6. The molecule has 6 rings (SSSR count). The number of ether oxygens (including phenoxy) is 6. The largest absolute Gasteiger partial charge is 0.465 e. The monoisotopic (exact) mass is 1020 g/mol. The first-order valence-electron chi connectivity index (χ1n) is 25.2. The van der Waals surface area contributed by atoms with E-state index in [1.807, 2.05) is 0 Å². The van der Waals surface area contributed by atoms with E-state index in [9.17, 15) is 28.8 Å². The predicted octanol–water partition coefficient (Wildman–Crippen LogP) is 12.8. The molecule has 0 saturated heterocycles. The molecule has 3 aromatic carbocycles. The van der Waals surface area contributed by atoms with Crippen LogP contribution in [-0.4, -0.2) is 62.2 Å². The summed E-state index contributed by atoms with van der Waals surface area (Å²) in [5.41, 5.74) is 3.86. The first kappa shape index (κ1) is 55.3. The second-order valence-corrected chi connectivity index (χ2v) is 20.5. The van der Waals surface area contributed by atoms with Crippen molar-refractivity contribution in [3.05, 3.63) is 102 Å². The van der Waals surface area contributed by atoms with Crippen LogP contribution in [-0.2, 0) is 54.1 Å². The van der Waals surface area contributed by atoms with Gasteiger partial charge in [-0.05, 0) is 131 Å². The average molecular weight is 1020 g/mol. The molecule has 0 unspecified atom stereocenters. The maximum absolute atomic E-state index is 13.6. The van der Waals surface area contributed by atoms with Crippen LogP contribution in [0.15, 0.2) is 116 Å². The van der Waals surface area contributed by atoms with E-state index >= 15 is 0 Å². The number of benzene rings is 3. The summed E-state index contributed by atoms with van der Waals surface area (Å²) in [6.45, 7) is 9.82. The number of unbranched alkanes of at least 4 members (excludes halogenated alkanes) is 5. The number of carbonyl (C=O) groups is 6. The Morgan fingerprint density at radius 2 is 1.11 bits per heavy atom. The van der Waals surface area contributed by atoms with Gasteiger partial charge in [-0.1, -0.05) is 93.2 Å². The van der Waals surface area contributed by atoms with Crippen LogP contribution < -0.4 is 9.47 Å². The van der Waals surface area contributed by atoms with Crippen molar-refractivity contribution in [2.45, 2.75) is 126 Å². The number of hydrogen-bond acceptors (Lipinski definition) is 16. The Morgan fingerprint density at radius 1 is 0.569 bits per heavy atom. The fourth-order valence-electron chi connectivity index (χ4n) is 8.64. The third kappa shape index (κ3) is 17.6. The van der Waals surface area contributed by atoms with Crippen molar-refractivity contribution >= 4 is 65.0 Å². The second-order valence-electron chi connectivity index (χ2n) is 18.1. The summed E-state index contributed by atoms with van der Waals surface area (Å²) in [5.74, 6) is -3.69. The molecule has 0 bridgehead atoms. The summed E-state index contributed by atoms with van der Waals surface area (Å²) in [5, 5.41) is 8.91. The van der Waals surface area contributed by atoms with Crippen LogP contribution in [0, 0.1) is 23.7 Å². The van der Waals surface area contributed by atoms with Gasteiger partial charge in [0.1, 0.15) is 11.4 Å². The highest BCUT2D eigenvalue weighted by molar-refractivity contribution is 8.24. The zero-order chi connectivity index (χ0) is 51.1. The average Bonchev–Trinajstić information content (AvgIpc) is 3.82. The molecule has 3 aromatic rings. The number of hydrogen-bond donors (Lipinski definition) is 0. The summed E-state index contributed by atoms with van der Waals surface area (Å²) in [4.78, 5) is 77.3. The molecule has 0 radical (unpaired) electrons. The van der Waals surface area contributed by atoms with E-state index in [4.69, 9.17) is 28.4 Å². The van der Waals surface area contributed by atoms with Crippen molar-refractivity contribution in [1.82, 2.24) is 0 Å². The summed E-state index contributed by atoms with van der Waals surface area (Å²) in [6.07, 6.45) is 15.7. The maximum Gasteiger partial charge on any atom is 0.330 e. The highest BCUT2D eigenvalue weighted by Crippen LogP contribution is 2.52. The molecule has 0 spiro atoms. The van der Waals surface area contributed by atoms with E-state index in [1.54, 1.807) is 35.8 Å². The normalized spacial score (nSPS) is 18.9. The molecule has 3 aliphatic rings. The van der Waals surface area contributed by atoms with Crippen molar-refractivity contribution in [3.63, 3.8) is 0 Å². The molecule has 0 amide bonds. The Bertz CT molecular complexity index is 2440. The van der Waals surface area contributed by atoms with Gasteiger partial charge in [0, 0.05) is 28.0 Å². The van der Waals surface area contributed by atoms with Gasteiger partial charge in [-0.3, -0.25) is 19.2 Å². The minimum absolute atomic E-state index is 0.145. The van der Waals surface area contributed by atoms with Crippen molar-refractivity contribution in [2.24, 2.45) is 33.9 Å². The highest BCUT2D eigenvalue weighted by atomic mass is 32.2. The Hall–Kier alpha value is -6.00. The number of nitrogens with zero attached hydrogens (tertiary/aromatic N) is 2. The first-order chi connectivity index (χ1) is 35.0. The van der Waals surface area contributed by atoms with Crippen LogP contribution in [0.1, 0.15) is 115 Å². The van der Waals surface area contributed by atoms with Gasteiger partial charge in [0.15, 0.2) is 5.75 Å². The quantitative estimate of drug-likeness (QED) is 0.0185. The van der Waals surface area contributed by atoms with Crippen molar-refractivity contribution in [3.8, 4) is 22.6 Å². The molecule has 0 aromatic heterocycles. The third-order valence-corrected chi connectivity index (χ3v) is 15.2. The number of aryl methyl sites for hydroxylation is 1. The SMILES string of the molecule is C=CC(=O)OCCCCOC(=O)C1CCC(C(=O)Oc2ccc(OC(=O)C3CCC(C(=O)OCCCCOC(=O)C=C)CC3)c(/N=N/C=C3\Sc4ccc(-c5cccc(CCCCCC)c5)cc4S3)c2)CC1. The topological polar surface area (TPSA) is 183 Å². The Labute approximate surface area is 431 Å². The highest BCUT2D eigenvalue weighted by Gasteiger charge is 2.34. The Balaban J connectivity index is 1.06. The van der Waals surface area contributed by atoms with E-state index in [0.29, 0.717) is 77.0 Å². The fourth-order valence-corrected chi connectivity index (χ4v) is 10.9. The molecule has 384 valence electrons. The lowest BCUT2D eigenvalue weighted by Crippen LogP contribution is -2.29. The van der Waals surface area contributed by atoms with E-state index in [2.05, 4.69) is 72.8 Å². The molecular formula is C56H66N2O12S2. The van der Waals surface area contributed by atoms with Gasteiger partial charge in [-0.2, -0.15) is 5.11 Å². The van der Waals surface area contributed by atoms with Crippen LogP contribution >= 0.6 is 23.5 Å². The van der Waals surface area contributed by atoms with Crippen LogP contribution in [0.25, 0.3) is 11.1 Å². The van der Waals surface area contributed by atoms with Crippen molar-refractivity contribution in [1.29, 1.82) is 0 Å². The molecule has 1 aliphatic heterocycles. The number of thioether (sulfide) groups is 2. The van der Waals surface area contributed by atoms with E-state index in [-0.39, 0.29) is 67.4 Å². The van der Waals surface area contributed by atoms with E-state index < -0.39 is 35.7 Å². The molecule has 16 heteroatoms. The van der Waals surface area contributed by atoms with Gasteiger partial charge < -0.3 is 28.4 Å². The summed E-state index contributed by atoms with van der Waals surface area (Å²) < 4.78 is 33.6. The van der Waals surface area contributed by atoms with E-state index in [1.165, 1.54) is 48.9 Å². The minimum Gasteiger partial charge on any atom is -0.465 e. The number of rotatable bonds is 26. The summed E-state index contributed by atoms with van der Waals surface area (Å²) in [6, 6.07) is 19.9. The molecule has 0 atom stereocenters. The second kappa shape index (κ2) is 29.5. The summed E-state index contributed by atoms with van der Waals surface area (Å²) >= 11 is 3.20. The lowest BCUT2D eigenvalue weighted by Gasteiger charge is -2.26. The van der Waals surface area contributed by atoms with Gasteiger partial charge in [-0.25, -0.2) is 9.59 Å². The van der Waals surface area contributed by atoms with Gasteiger partial charge in [0.2, 0.25) is 0 Å². The molecule has 0 N–H and O–H groups in total. The van der Waals surface area contributed by atoms with Crippen LogP contribution in [0.4, 0.5) is 5.69 Å². The van der Waals surface area contributed by atoms with Crippen molar-refractivity contribution in [2.75, 3.05) is 26.4 Å². The molecule has 2 fully saturated rings. The zero-order valence-corrected chi connectivity index (χ0v) is 42.8. The van der Waals surface area contributed by atoms with Crippen LogP contribution in [0.3, 0.4) is 0 Å². The number of fused-ring (bicyclic) bond motifs is 1. The molecule has 2 aliphatic carbocycles. The van der Waals surface area contributed by atoms with Crippen molar-refractivity contribution < 1.29 is 57.2 Å². The smallest absolute Gasteiger partial charge is 0.330 e. The van der Waals surface area contributed by atoms with E-state index in [0.717, 1.165) is 38.2 Å². The lowest BCUT2D eigenvalue weighted by molar-refractivity contribution is -0.152. The van der Waals surface area contributed by atoms with Gasteiger partial charge >= 0.3 is 35.8 Å². The Morgan fingerprint density at radius 3 is 1.69 bits per heavy atom. The fraction of sp³-hybridized carbons (Fsp3) is 0.464. The molecule has 2 saturated carbocycles. The lowest BCUT2D eigenvalue weighted by atomic mass is 9.82. The molecule has 1 heterocycles. The molecular weight excluding hydrogens is 957 g/mol. The predicted molar refractivity (Wildman–Crippen MR) is 275 cm³/mol. The van der Waals surface area contributed by atoms with Gasteiger partial charge in [-0.15, -0.1) is 5.11 Å². The summed E-state index contributed by atoms with van der Waals surface area (Å²) in [7, 11) is 0. The third-order valence-electron chi connectivity index (χ3n) is 12.8. The first-order valence-corrected chi connectivity index (χ1v) is 26.9. The maximum atomic E-state index is 13.6. The molecule has 14 nitrogen and oxygen atoms in total. The van der Waals surface area contributed by atoms with Gasteiger partial charge in [0.05, 0.1) is 60.5 Å².